The third kappa shape index (κ3) is 8.12. The van der Waals surface area contributed by atoms with Gasteiger partial charge in [0.2, 0.25) is 0 Å². The molecule has 0 amide bonds. The van der Waals surface area contributed by atoms with E-state index in [0.29, 0.717) is 6.61 Å². The van der Waals surface area contributed by atoms with Crippen molar-refractivity contribution < 1.29 is 31.4 Å². The van der Waals surface area contributed by atoms with Gasteiger partial charge in [0.1, 0.15) is 24.0 Å². The maximum atomic E-state index is 11.1. The van der Waals surface area contributed by atoms with Crippen molar-refractivity contribution in [1.82, 2.24) is 4.67 Å². The minimum atomic E-state index is -1.02. The molecule has 0 saturated carbocycles. The molecule has 2 atom stereocenters. The third-order valence-electron chi connectivity index (χ3n) is 9.02. The summed E-state index contributed by atoms with van der Waals surface area (Å²) in [7, 11) is -1.02. The van der Waals surface area contributed by atoms with E-state index < -0.39 is 8.30 Å². The molecule has 0 saturated heterocycles. The second-order valence-corrected chi connectivity index (χ2v) is 14.1. The quantitative estimate of drug-likeness (QED) is 0.0865. The van der Waals surface area contributed by atoms with Gasteiger partial charge in [-0.05, 0) is 45.7 Å². The molecule has 0 fully saturated rings. The Bertz CT molecular complexity index is 2180. The molecule has 258 valence electrons. The normalized spacial score (nSPS) is 14.3. The number of benzene rings is 5. The number of rotatable bonds is 10. The average Bonchev–Trinajstić information content (AvgIpc) is 3.97. The Morgan fingerprint density at radius 2 is 1.47 bits per heavy atom. The maximum absolute atomic E-state index is 11.1. The van der Waals surface area contributed by atoms with Gasteiger partial charge < -0.3 is 14.4 Å². The van der Waals surface area contributed by atoms with E-state index in [1.165, 1.54) is 10.9 Å². The van der Waals surface area contributed by atoms with E-state index >= 15 is 0 Å². The van der Waals surface area contributed by atoms with Gasteiger partial charge in [-0.1, -0.05) is 110 Å². The summed E-state index contributed by atoms with van der Waals surface area (Å²) in [6.45, 7) is 6.83. The Labute approximate surface area is 312 Å². The first-order valence-corrected chi connectivity index (χ1v) is 18.5. The van der Waals surface area contributed by atoms with Gasteiger partial charge in [-0.25, -0.2) is 22.9 Å². The Kier molecular flexibility index (Phi) is 12.0. The van der Waals surface area contributed by atoms with Crippen LogP contribution in [0.5, 0.6) is 11.5 Å². The predicted molar refractivity (Wildman–Crippen MR) is 209 cm³/mol. The van der Waals surface area contributed by atoms with E-state index in [-0.39, 0.29) is 28.9 Å². The summed E-state index contributed by atoms with van der Waals surface area (Å²) in [6, 6.07) is 51.6. The van der Waals surface area contributed by atoms with Gasteiger partial charge in [0.05, 0.1) is 6.04 Å². The standard InChI is InChI=1S/C29H27NO2P.C15H14NO.Fe/c1-3-30(4-2)33(23-13-7-8-14-23)32-27-20-18-22-12-6-10-16-25(22)29(27)28-24-15-9-5-11-21(24)17-19-26(28)31;1-2-6-12(7-3-1)10-14-11-17-15(16-14)13-8-4-5-9-13;/h5-20,31H,3-4H2,1-2H3;1-9,14H,10-11H2;/q2*-1;+2/t33-;14-;/m00./s1. The fraction of sp³-hybridized carbons (Fsp3) is 0.159. The minimum absolute atomic E-state index is 0. The first-order valence-electron chi connectivity index (χ1n) is 17.3. The molecule has 0 aromatic heterocycles. The molecule has 0 spiro atoms. The summed E-state index contributed by atoms with van der Waals surface area (Å²) in [5.41, 5.74) is 4.15. The van der Waals surface area contributed by atoms with E-state index in [2.05, 4.69) is 108 Å². The molecule has 0 aliphatic carbocycles. The molecule has 0 bridgehead atoms. The van der Waals surface area contributed by atoms with Crippen LogP contribution in [0, 0.1) is 0 Å². The van der Waals surface area contributed by atoms with Crippen molar-refractivity contribution >= 4 is 41.0 Å². The van der Waals surface area contributed by atoms with Crippen LogP contribution >= 0.6 is 8.30 Å². The van der Waals surface area contributed by atoms with Gasteiger partial charge in [0.15, 0.2) is 8.30 Å². The van der Waals surface area contributed by atoms with E-state index in [1.807, 2.05) is 60.7 Å². The van der Waals surface area contributed by atoms with Gasteiger partial charge >= 0.3 is 17.1 Å². The van der Waals surface area contributed by atoms with Crippen molar-refractivity contribution in [3.05, 3.63) is 163 Å². The molecule has 1 aliphatic rings. The first-order chi connectivity index (χ1) is 24.6. The zero-order chi connectivity index (χ0) is 34.3. The summed E-state index contributed by atoms with van der Waals surface area (Å²) in [5, 5.41) is 16.6. The van der Waals surface area contributed by atoms with Crippen molar-refractivity contribution in [2.45, 2.75) is 26.3 Å². The van der Waals surface area contributed by atoms with Crippen LogP contribution in [0.4, 0.5) is 0 Å². The van der Waals surface area contributed by atoms with Crippen LogP contribution in [0.25, 0.3) is 32.7 Å². The topological polar surface area (TPSA) is 54.3 Å². The van der Waals surface area contributed by atoms with E-state index in [4.69, 9.17) is 9.26 Å². The number of ether oxygens (including phenoxy) is 1. The second-order valence-electron chi connectivity index (χ2n) is 12.2. The van der Waals surface area contributed by atoms with Crippen molar-refractivity contribution in [1.29, 1.82) is 0 Å². The fourth-order valence-corrected chi connectivity index (χ4v) is 8.35. The number of phenols is 1. The molecule has 7 aromatic carbocycles. The van der Waals surface area contributed by atoms with Crippen LogP contribution in [-0.4, -0.2) is 41.4 Å². The minimum Gasteiger partial charge on any atom is -0.507 e. The number of fused-ring (bicyclic) bond motifs is 2. The van der Waals surface area contributed by atoms with Gasteiger partial charge in [-0.3, -0.25) is 4.99 Å². The Balaban J connectivity index is 0.000000209. The number of hydrogen-bond donors (Lipinski definition) is 1. The van der Waals surface area contributed by atoms with Crippen LogP contribution in [0.1, 0.15) is 25.0 Å². The predicted octanol–water partition coefficient (Wildman–Crippen LogP) is 10.2. The summed E-state index contributed by atoms with van der Waals surface area (Å²) in [4.78, 5) is 4.62. The average molecular weight is 733 g/mol. The molecule has 5 nitrogen and oxygen atoms in total. The molecule has 7 heteroatoms. The number of nitrogens with zero attached hydrogens (tertiary/aromatic N) is 2. The molecule has 1 N–H and O–H groups in total. The van der Waals surface area contributed by atoms with Crippen LogP contribution in [0.2, 0.25) is 0 Å². The van der Waals surface area contributed by atoms with E-state index in [9.17, 15) is 5.11 Å². The summed E-state index contributed by atoms with van der Waals surface area (Å²) >= 11 is 0. The van der Waals surface area contributed by atoms with Crippen molar-refractivity contribution in [3.63, 3.8) is 0 Å². The van der Waals surface area contributed by atoms with Crippen molar-refractivity contribution in [2.24, 2.45) is 4.99 Å². The molecule has 51 heavy (non-hydrogen) atoms. The van der Waals surface area contributed by atoms with Crippen LogP contribution in [0.15, 0.2) is 157 Å². The molecule has 8 rings (SSSR count). The molecular formula is C44H41FeN2O3P. The first kappa shape index (κ1) is 36.1. The summed E-state index contributed by atoms with van der Waals surface area (Å²) in [5.74, 6) is 1.84. The number of aliphatic imine (C=N–C) groups is 1. The van der Waals surface area contributed by atoms with Crippen LogP contribution in [0.3, 0.4) is 0 Å². The zero-order valence-corrected chi connectivity index (χ0v) is 30.8. The number of phenolic OH excluding ortho intramolecular Hbond substituents is 1. The smallest absolute Gasteiger partial charge is 0.507 e. The van der Waals surface area contributed by atoms with Gasteiger partial charge in [0, 0.05) is 24.2 Å². The van der Waals surface area contributed by atoms with E-state index in [1.54, 1.807) is 6.07 Å². The van der Waals surface area contributed by atoms with Crippen LogP contribution < -0.4 is 9.83 Å². The van der Waals surface area contributed by atoms with Crippen molar-refractivity contribution in [3.8, 4) is 22.6 Å². The number of aromatic hydroxyl groups is 1. The Morgan fingerprint density at radius 3 is 2.14 bits per heavy atom. The maximum Gasteiger partial charge on any atom is 2.00 e. The van der Waals surface area contributed by atoms with Gasteiger partial charge in [-0.15, -0.1) is 5.56 Å². The summed E-state index contributed by atoms with van der Waals surface area (Å²) in [6.07, 6.45) is 0.949. The molecule has 0 radical (unpaired) electrons. The monoisotopic (exact) mass is 732 g/mol. The zero-order valence-electron chi connectivity index (χ0n) is 28.8. The van der Waals surface area contributed by atoms with E-state index in [0.717, 1.165) is 69.4 Å². The molecule has 1 heterocycles. The second kappa shape index (κ2) is 17.0. The molecule has 7 aromatic rings. The number of hydrogen-bond acceptors (Lipinski definition) is 5. The largest absolute Gasteiger partial charge is 2.00 e. The Morgan fingerprint density at radius 1 is 0.784 bits per heavy atom. The van der Waals surface area contributed by atoms with Gasteiger partial charge in [0.25, 0.3) is 0 Å². The molecule has 1 aliphatic heterocycles. The van der Waals surface area contributed by atoms with Crippen LogP contribution in [-0.2, 0) is 28.2 Å². The molecule has 0 unspecified atom stereocenters. The summed E-state index contributed by atoms with van der Waals surface area (Å²) < 4.78 is 14.9. The Hall–Kier alpha value is -4.70. The fourth-order valence-electron chi connectivity index (χ4n) is 6.53. The SMILES string of the molecule is CCN(CC)[P@@](Oc1ccc2ccccc2c1-c1c(O)ccc2ccccc12)c1ccc[cH-]1.[Fe+2].c1ccc(C[C@H]2COC(c3cc[cH-]c3)=N2)cc1. The van der Waals surface area contributed by atoms with Crippen molar-refractivity contribution in [2.75, 3.05) is 19.7 Å². The third-order valence-corrected chi connectivity index (χ3v) is 11.2. The molecular weight excluding hydrogens is 691 g/mol. The van der Waals surface area contributed by atoms with Gasteiger partial charge in [-0.2, -0.15) is 30.3 Å².